The summed E-state index contributed by atoms with van der Waals surface area (Å²) in [4.78, 5) is 17.4. The van der Waals surface area contributed by atoms with Crippen LogP contribution in [-0.2, 0) is 4.79 Å². The number of benzene rings is 1. The van der Waals surface area contributed by atoms with Crippen molar-refractivity contribution >= 4 is 50.3 Å². The predicted molar refractivity (Wildman–Crippen MR) is 130 cm³/mol. The molecule has 0 bridgehead atoms. The van der Waals surface area contributed by atoms with E-state index in [2.05, 4.69) is 35.8 Å². The van der Waals surface area contributed by atoms with Crippen LogP contribution >= 0.6 is 38.9 Å². The average molecular weight is 517 g/mol. The van der Waals surface area contributed by atoms with Gasteiger partial charge in [0, 0.05) is 42.6 Å². The smallest absolute Gasteiger partial charge is 0.162 e. The third-order valence-electron chi connectivity index (χ3n) is 5.96. The monoisotopic (exact) mass is 515 g/mol. The number of Topliss-reactive ketones (excluding diaryl/α,β-unsaturated/α-hetero) is 1. The number of nitrogens with two attached hydrogens (primary N) is 1. The molecule has 1 aromatic heterocycles. The van der Waals surface area contributed by atoms with Crippen LogP contribution in [-0.4, -0.2) is 5.78 Å². The molecular formula is C24H23BrClN3OS. The Balaban J connectivity index is 2.01. The lowest BCUT2D eigenvalue weighted by atomic mass is 9.69. The van der Waals surface area contributed by atoms with Gasteiger partial charge in [0.15, 0.2) is 5.78 Å². The van der Waals surface area contributed by atoms with E-state index in [4.69, 9.17) is 17.3 Å². The third-order valence-corrected chi connectivity index (χ3v) is 8.56. The van der Waals surface area contributed by atoms with Crippen molar-refractivity contribution in [2.75, 3.05) is 4.90 Å². The number of rotatable bonds is 2. The summed E-state index contributed by atoms with van der Waals surface area (Å²) in [5, 5.41) is 10.7. The fraction of sp³-hybridized carbons (Fsp3) is 0.333. The Morgan fingerprint density at radius 3 is 2.58 bits per heavy atom. The number of aryl methyl sites for hydroxylation is 2. The highest BCUT2D eigenvalue weighted by atomic mass is 79.9. The van der Waals surface area contributed by atoms with Crippen molar-refractivity contribution in [3.8, 4) is 6.07 Å². The first-order valence-electron chi connectivity index (χ1n) is 10.0. The maximum absolute atomic E-state index is 13.5. The molecule has 0 spiro atoms. The Morgan fingerprint density at radius 1 is 1.29 bits per heavy atom. The van der Waals surface area contributed by atoms with Crippen LogP contribution in [0.4, 0.5) is 5.69 Å². The van der Waals surface area contributed by atoms with Gasteiger partial charge in [-0.05, 0) is 65.4 Å². The minimum atomic E-state index is -0.448. The van der Waals surface area contributed by atoms with Gasteiger partial charge < -0.3 is 5.73 Å². The molecule has 31 heavy (non-hydrogen) atoms. The summed E-state index contributed by atoms with van der Waals surface area (Å²) < 4.78 is 0.974. The molecule has 2 heterocycles. The summed E-state index contributed by atoms with van der Waals surface area (Å²) in [6.45, 7) is 8.14. The summed E-state index contributed by atoms with van der Waals surface area (Å²) >= 11 is 11.6. The molecule has 0 saturated carbocycles. The van der Waals surface area contributed by atoms with Crippen LogP contribution in [0.1, 0.15) is 47.9 Å². The van der Waals surface area contributed by atoms with Crippen molar-refractivity contribution in [1.29, 1.82) is 5.26 Å². The summed E-state index contributed by atoms with van der Waals surface area (Å²) in [5.74, 6) is -0.0171. The van der Waals surface area contributed by atoms with Crippen molar-refractivity contribution in [3.05, 3.63) is 71.7 Å². The summed E-state index contributed by atoms with van der Waals surface area (Å²) in [6.07, 6.45) is 1.12. The first kappa shape index (κ1) is 22.1. The lowest BCUT2D eigenvalue weighted by Crippen LogP contribution is -2.42. The third kappa shape index (κ3) is 3.73. The van der Waals surface area contributed by atoms with Crippen LogP contribution < -0.4 is 10.6 Å². The highest BCUT2D eigenvalue weighted by molar-refractivity contribution is 9.10. The van der Waals surface area contributed by atoms with Gasteiger partial charge in [-0.3, -0.25) is 9.69 Å². The van der Waals surface area contributed by atoms with E-state index >= 15 is 0 Å². The lowest BCUT2D eigenvalue weighted by Gasteiger charge is -2.43. The Labute approximate surface area is 200 Å². The second kappa shape index (κ2) is 7.81. The molecular weight excluding hydrogens is 494 g/mol. The average Bonchev–Trinajstić information content (AvgIpc) is 3.00. The zero-order chi connectivity index (χ0) is 22.7. The fourth-order valence-corrected chi connectivity index (χ4v) is 6.29. The van der Waals surface area contributed by atoms with Crippen LogP contribution in [0.2, 0.25) is 5.02 Å². The first-order chi connectivity index (χ1) is 14.5. The van der Waals surface area contributed by atoms with Crippen LogP contribution in [0.25, 0.3) is 0 Å². The number of hydrogen-bond acceptors (Lipinski definition) is 5. The van der Waals surface area contributed by atoms with Crippen LogP contribution in [0.3, 0.4) is 0 Å². The van der Waals surface area contributed by atoms with E-state index in [9.17, 15) is 10.1 Å². The maximum Gasteiger partial charge on any atom is 0.162 e. The molecule has 1 aromatic carbocycles. The van der Waals surface area contributed by atoms with Gasteiger partial charge in [0.25, 0.3) is 0 Å². The van der Waals surface area contributed by atoms with Crippen LogP contribution in [0.15, 0.2) is 51.4 Å². The molecule has 4 rings (SSSR count). The number of nitriles is 1. The summed E-state index contributed by atoms with van der Waals surface area (Å²) in [7, 11) is 0. The van der Waals surface area contributed by atoms with Crippen LogP contribution in [0, 0.1) is 30.6 Å². The number of nitrogens with zero attached hydrogens (tertiary/aromatic N) is 2. The molecule has 0 saturated heterocycles. The molecule has 1 atom stereocenters. The molecule has 1 aliphatic carbocycles. The molecule has 160 valence electrons. The number of carbonyl (C=O) groups excluding carboxylic acids is 1. The van der Waals surface area contributed by atoms with Crippen molar-refractivity contribution < 1.29 is 4.79 Å². The number of halogens is 2. The number of allylic oxidation sites excluding steroid dienone is 3. The molecule has 0 fully saturated rings. The number of carbonyl (C=O) groups is 1. The first-order valence-corrected chi connectivity index (χ1v) is 12.0. The topological polar surface area (TPSA) is 70.1 Å². The SMILES string of the molecule is Cc1ccc(N2C(N)=C(C#N)C(c3cc(Br)c(C)s3)C3=C2CC(C)(C)CC3=O)cc1Cl. The summed E-state index contributed by atoms with van der Waals surface area (Å²) in [6, 6.07) is 10.0. The molecule has 1 unspecified atom stereocenters. The molecule has 0 radical (unpaired) electrons. The molecule has 2 aromatic rings. The number of ketones is 1. The largest absolute Gasteiger partial charge is 0.384 e. The van der Waals surface area contributed by atoms with E-state index < -0.39 is 5.92 Å². The zero-order valence-corrected chi connectivity index (χ0v) is 21.0. The Bertz CT molecular complexity index is 1200. The second-order valence-electron chi connectivity index (χ2n) is 8.97. The standard InChI is InChI=1S/C24H23BrClN3OS/c1-12-5-6-14(7-17(12)26)29-18-9-24(3,4)10-19(30)22(18)21(15(11-27)23(29)28)20-8-16(25)13(2)31-20/h5-8,21H,9-10,28H2,1-4H3. The number of anilines is 1. The summed E-state index contributed by atoms with van der Waals surface area (Å²) in [5.41, 5.74) is 10.1. The van der Waals surface area contributed by atoms with Crippen LogP contribution in [0.5, 0.6) is 0 Å². The molecule has 2 N–H and O–H groups in total. The van der Waals surface area contributed by atoms with Crippen molar-refractivity contribution in [3.63, 3.8) is 0 Å². The van der Waals surface area contributed by atoms with Gasteiger partial charge in [0.1, 0.15) is 5.82 Å². The number of thiophene rings is 1. The molecule has 0 amide bonds. The van der Waals surface area contributed by atoms with E-state index in [0.717, 1.165) is 31.2 Å². The predicted octanol–water partition coefficient (Wildman–Crippen LogP) is 6.72. The van der Waals surface area contributed by atoms with Gasteiger partial charge >= 0.3 is 0 Å². The van der Waals surface area contributed by atoms with Gasteiger partial charge in [-0.2, -0.15) is 5.26 Å². The normalized spacial score (nSPS) is 20.7. The highest BCUT2D eigenvalue weighted by Crippen LogP contribution is 2.51. The fourth-order valence-electron chi connectivity index (χ4n) is 4.43. The quantitative estimate of drug-likeness (QED) is 0.481. The maximum atomic E-state index is 13.5. The van der Waals surface area contributed by atoms with Gasteiger partial charge in [-0.25, -0.2) is 0 Å². The Kier molecular flexibility index (Phi) is 5.58. The van der Waals surface area contributed by atoms with Gasteiger partial charge in [-0.1, -0.05) is 31.5 Å². The highest BCUT2D eigenvalue weighted by Gasteiger charge is 2.45. The van der Waals surface area contributed by atoms with Gasteiger partial charge in [-0.15, -0.1) is 11.3 Å². The van der Waals surface area contributed by atoms with Crippen molar-refractivity contribution in [2.24, 2.45) is 11.1 Å². The molecule has 2 aliphatic rings. The van der Waals surface area contributed by atoms with E-state index in [0.29, 0.717) is 34.8 Å². The van der Waals surface area contributed by atoms with Gasteiger partial charge in [0.05, 0.1) is 17.6 Å². The van der Waals surface area contributed by atoms with E-state index in [-0.39, 0.29) is 11.2 Å². The number of hydrogen-bond donors (Lipinski definition) is 1. The Hall–Kier alpha value is -2.07. The minimum absolute atomic E-state index is 0.0712. The molecule has 1 aliphatic heterocycles. The second-order valence-corrected chi connectivity index (χ2v) is 11.5. The van der Waals surface area contributed by atoms with Crippen molar-refractivity contribution in [2.45, 2.75) is 46.5 Å². The lowest BCUT2D eigenvalue weighted by molar-refractivity contribution is -0.118. The van der Waals surface area contributed by atoms with Crippen molar-refractivity contribution in [1.82, 2.24) is 0 Å². The Morgan fingerprint density at radius 2 is 2.00 bits per heavy atom. The molecule has 4 nitrogen and oxygen atoms in total. The van der Waals surface area contributed by atoms with Gasteiger partial charge in [0.2, 0.25) is 0 Å². The zero-order valence-electron chi connectivity index (χ0n) is 17.8. The van der Waals surface area contributed by atoms with E-state index in [1.807, 2.05) is 43.0 Å². The minimum Gasteiger partial charge on any atom is -0.384 e. The van der Waals surface area contributed by atoms with E-state index in [1.54, 1.807) is 11.3 Å². The van der Waals surface area contributed by atoms with E-state index in [1.165, 1.54) is 0 Å². The molecule has 7 heteroatoms.